The lowest BCUT2D eigenvalue weighted by atomic mass is 9.95. The van der Waals surface area contributed by atoms with Crippen molar-refractivity contribution in [2.45, 2.75) is 44.6 Å². The van der Waals surface area contributed by atoms with Crippen LogP contribution in [0.1, 0.15) is 39.0 Å². The molecule has 0 radical (unpaired) electrons. The fraction of sp³-hybridized carbons (Fsp3) is 0.923. The first-order valence-electron chi connectivity index (χ1n) is 6.78. The van der Waals surface area contributed by atoms with E-state index in [2.05, 4.69) is 5.32 Å². The van der Waals surface area contributed by atoms with Crippen LogP contribution in [-0.4, -0.2) is 31.2 Å². The van der Waals surface area contributed by atoms with E-state index in [9.17, 15) is 4.79 Å². The van der Waals surface area contributed by atoms with E-state index in [1.54, 1.807) is 0 Å². The van der Waals surface area contributed by atoms with Gasteiger partial charge in [0.15, 0.2) is 0 Å². The van der Waals surface area contributed by atoms with E-state index < -0.39 is 5.60 Å². The third-order valence-corrected chi connectivity index (χ3v) is 4.34. The smallest absolute Gasteiger partial charge is 0.251 e. The number of carbonyl (C=O) groups is 1. The molecule has 3 unspecified atom stereocenters. The molecule has 1 saturated carbocycles. The highest BCUT2D eigenvalue weighted by molar-refractivity contribution is 5.84. The van der Waals surface area contributed by atoms with Crippen molar-refractivity contribution in [3.63, 3.8) is 0 Å². The largest absolute Gasteiger partial charge is 0.365 e. The van der Waals surface area contributed by atoms with Crippen molar-refractivity contribution in [3.8, 4) is 0 Å². The second kappa shape index (κ2) is 5.36. The van der Waals surface area contributed by atoms with Crippen LogP contribution in [0, 0.1) is 11.8 Å². The molecular weight excluding hydrogens is 216 g/mol. The summed E-state index contributed by atoms with van der Waals surface area (Å²) in [5, 5.41) is 3.05. The first-order valence-corrected chi connectivity index (χ1v) is 6.78. The lowest BCUT2D eigenvalue weighted by Crippen LogP contribution is -2.46. The first kappa shape index (κ1) is 12.8. The molecule has 0 aromatic rings. The zero-order chi connectivity index (χ0) is 12.3. The molecule has 1 amide bonds. The van der Waals surface area contributed by atoms with Crippen LogP contribution in [0.3, 0.4) is 0 Å². The van der Waals surface area contributed by atoms with Crippen LogP contribution in [0.2, 0.25) is 0 Å². The van der Waals surface area contributed by atoms with Gasteiger partial charge >= 0.3 is 0 Å². The average molecular weight is 240 g/mol. The molecule has 3 N–H and O–H groups in total. The molecule has 4 nitrogen and oxygen atoms in total. The van der Waals surface area contributed by atoms with Crippen LogP contribution < -0.4 is 11.1 Å². The Morgan fingerprint density at radius 2 is 2.18 bits per heavy atom. The molecule has 0 aromatic carbocycles. The van der Waals surface area contributed by atoms with Gasteiger partial charge in [-0.05, 0) is 51.0 Å². The number of nitrogens with one attached hydrogen (secondary N) is 1. The normalized spacial score (nSPS) is 37.3. The summed E-state index contributed by atoms with van der Waals surface area (Å²) in [6.07, 6.45) is 5.48. The van der Waals surface area contributed by atoms with E-state index >= 15 is 0 Å². The van der Waals surface area contributed by atoms with E-state index in [0.29, 0.717) is 18.4 Å². The second-order valence-corrected chi connectivity index (χ2v) is 5.58. The van der Waals surface area contributed by atoms with Crippen molar-refractivity contribution in [2.24, 2.45) is 17.6 Å². The monoisotopic (exact) mass is 240 g/mol. The summed E-state index contributed by atoms with van der Waals surface area (Å²) in [7, 11) is 0. The minimum atomic E-state index is -0.586. The number of hydrogen-bond acceptors (Lipinski definition) is 3. The van der Waals surface area contributed by atoms with Crippen LogP contribution in [0.5, 0.6) is 0 Å². The molecule has 0 aromatic heterocycles. The molecule has 2 rings (SSSR count). The maximum atomic E-state index is 12.1. The maximum absolute atomic E-state index is 12.1. The first-order chi connectivity index (χ1) is 8.15. The molecule has 2 fully saturated rings. The summed E-state index contributed by atoms with van der Waals surface area (Å²) in [5.41, 5.74) is 5.15. The van der Waals surface area contributed by atoms with Crippen LogP contribution in [0.4, 0.5) is 0 Å². The molecule has 1 aliphatic heterocycles. The van der Waals surface area contributed by atoms with Crippen molar-refractivity contribution >= 4 is 5.91 Å². The molecule has 4 heteroatoms. The van der Waals surface area contributed by atoms with Gasteiger partial charge in [-0.15, -0.1) is 0 Å². The SMILES string of the molecule is CC1(C(=O)NCC2CCCC2CN)CCCO1. The van der Waals surface area contributed by atoms with Gasteiger partial charge < -0.3 is 15.8 Å². The molecule has 1 aliphatic carbocycles. The van der Waals surface area contributed by atoms with Crippen LogP contribution in [-0.2, 0) is 9.53 Å². The summed E-state index contributed by atoms with van der Waals surface area (Å²) >= 11 is 0. The molecule has 2 aliphatic rings. The van der Waals surface area contributed by atoms with Crippen LogP contribution >= 0.6 is 0 Å². The predicted molar refractivity (Wildman–Crippen MR) is 66.5 cm³/mol. The van der Waals surface area contributed by atoms with Gasteiger partial charge in [0.25, 0.3) is 5.91 Å². The van der Waals surface area contributed by atoms with Gasteiger partial charge in [0.2, 0.25) is 0 Å². The maximum Gasteiger partial charge on any atom is 0.251 e. The number of carbonyl (C=O) groups excluding carboxylic acids is 1. The van der Waals surface area contributed by atoms with Crippen molar-refractivity contribution in [2.75, 3.05) is 19.7 Å². The van der Waals surface area contributed by atoms with Gasteiger partial charge in [-0.25, -0.2) is 0 Å². The number of ether oxygens (including phenoxy) is 1. The molecule has 1 heterocycles. The zero-order valence-electron chi connectivity index (χ0n) is 10.7. The van der Waals surface area contributed by atoms with E-state index in [4.69, 9.17) is 10.5 Å². The minimum absolute atomic E-state index is 0.0534. The summed E-state index contributed by atoms with van der Waals surface area (Å²) in [5.74, 6) is 1.21. The Kier molecular flexibility index (Phi) is 4.05. The van der Waals surface area contributed by atoms with Crippen molar-refractivity contribution in [1.82, 2.24) is 5.32 Å². The summed E-state index contributed by atoms with van der Waals surface area (Å²) < 4.78 is 5.53. The number of amides is 1. The molecular formula is C13H24N2O2. The molecule has 1 saturated heterocycles. The fourth-order valence-corrected chi connectivity index (χ4v) is 3.06. The Morgan fingerprint density at radius 3 is 2.82 bits per heavy atom. The van der Waals surface area contributed by atoms with Gasteiger partial charge in [0.1, 0.15) is 5.60 Å². The van der Waals surface area contributed by atoms with Gasteiger partial charge in [-0.3, -0.25) is 4.79 Å². The summed E-state index contributed by atoms with van der Waals surface area (Å²) in [6, 6.07) is 0. The average Bonchev–Trinajstić information content (AvgIpc) is 2.95. The van der Waals surface area contributed by atoms with Crippen molar-refractivity contribution in [3.05, 3.63) is 0 Å². The summed E-state index contributed by atoms with van der Waals surface area (Å²) in [4.78, 5) is 12.1. The van der Waals surface area contributed by atoms with Crippen molar-refractivity contribution < 1.29 is 9.53 Å². The molecule has 98 valence electrons. The molecule has 0 spiro atoms. The van der Waals surface area contributed by atoms with Crippen LogP contribution in [0.15, 0.2) is 0 Å². The number of nitrogens with two attached hydrogens (primary N) is 1. The Bertz CT molecular complexity index is 275. The number of hydrogen-bond donors (Lipinski definition) is 2. The molecule has 0 bridgehead atoms. The molecule has 3 atom stereocenters. The highest BCUT2D eigenvalue weighted by atomic mass is 16.5. The predicted octanol–water partition coefficient (Wildman–Crippen LogP) is 1.05. The number of rotatable bonds is 4. The Balaban J connectivity index is 1.79. The lowest BCUT2D eigenvalue weighted by molar-refractivity contribution is -0.139. The summed E-state index contributed by atoms with van der Waals surface area (Å²) in [6.45, 7) is 4.11. The third kappa shape index (κ3) is 2.80. The van der Waals surface area contributed by atoms with Gasteiger partial charge in [-0.1, -0.05) is 6.42 Å². The minimum Gasteiger partial charge on any atom is -0.365 e. The van der Waals surface area contributed by atoms with Gasteiger partial charge in [-0.2, -0.15) is 0 Å². The Morgan fingerprint density at radius 1 is 1.41 bits per heavy atom. The van der Waals surface area contributed by atoms with E-state index in [-0.39, 0.29) is 5.91 Å². The van der Waals surface area contributed by atoms with Gasteiger partial charge in [0, 0.05) is 13.2 Å². The van der Waals surface area contributed by atoms with E-state index in [1.165, 1.54) is 19.3 Å². The Labute approximate surface area is 103 Å². The third-order valence-electron chi connectivity index (χ3n) is 4.34. The zero-order valence-corrected chi connectivity index (χ0v) is 10.7. The standard InChI is InChI=1S/C13H24N2O2/c1-13(6-3-7-17-13)12(16)15-9-11-5-2-4-10(11)8-14/h10-11H,2-9,14H2,1H3,(H,15,16). The van der Waals surface area contributed by atoms with Crippen LogP contribution in [0.25, 0.3) is 0 Å². The van der Waals surface area contributed by atoms with Crippen molar-refractivity contribution in [1.29, 1.82) is 0 Å². The topological polar surface area (TPSA) is 64.4 Å². The molecule has 17 heavy (non-hydrogen) atoms. The highest BCUT2D eigenvalue weighted by Gasteiger charge is 2.38. The van der Waals surface area contributed by atoms with E-state index in [1.807, 2.05) is 6.92 Å². The second-order valence-electron chi connectivity index (χ2n) is 5.58. The highest BCUT2D eigenvalue weighted by Crippen LogP contribution is 2.31. The van der Waals surface area contributed by atoms with E-state index in [0.717, 1.165) is 25.9 Å². The lowest BCUT2D eigenvalue weighted by Gasteiger charge is -2.24. The Hall–Kier alpha value is -0.610. The van der Waals surface area contributed by atoms with Gasteiger partial charge in [0.05, 0.1) is 0 Å². The quantitative estimate of drug-likeness (QED) is 0.772. The fourth-order valence-electron chi connectivity index (χ4n) is 3.06.